The molecule has 2 aromatic carbocycles. The van der Waals surface area contributed by atoms with Gasteiger partial charge in [-0.3, -0.25) is 4.79 Å². The molecule has 0 aliphatic carbocycles. The number of thioether (sulfide) groups is 1. The summed E-state index contributed by atoms with van der Waals surface area (Å²) in [6.45, 7) is 2.19. The first-order chi connectivity index (χ1) is 11.3. The van der Waals surface area contributed by atoms with Crippen molar-refractivity contribution in [1.82, 2.24) is 10.2 Å². The van der Waals surface area contributed by atoms with Gasteiger partial charge in [-0.15, -0.1) is 10.2 Å². The minimum Gasteiger partial charge on any atom is -0.465 e. The van der Waals surface area contributed by atoms with E-state index in [0.29, 0.717) is 6.61 Å². The number of nitrogens with zero attached hydrogens (tertiary/aromatic N) is 2. The Labute approximate surface area is 138 Å². The predicted molar refractivity (Wildman–Crippen MR) is 92.3 cm³/mol. The van der Waals surface area contributed by atoms with Crippen LogP contribution in [0.1, 0.15) is 6.92 Å². The molecule has 0 aliphatic rings. The van der Waals surface area contributed by atoms with E-state index in [-0.39, 0.29) is 11.7 Å². The van der Waals surface area contributed by atoms with E-state index in [9.17, 15) is 4.79 Å². The fraction of sp³-hybridized carbons (Fsp3) is 0.167. The summed E-state index contributed by atoms with van der Waals surface area (Å²) in [6, 6.07) is 17.9. The topological polar surface area (TPSA) is 52.1 Å². The van der Waals surface area contributed by atoms with Crippen LogP contribution in [0, 0.1) is 0 Å². The second-order valence-corrected chi connectivity index (χ2v) is 5.82. The Balaban J connectivity index is 1.98. The molecule has 0 amide bonds. The van der Waals surface area contributed by atoms with E-state index in [4.69, 9.17) is 4.74 Å². The number of hydrogen-bond donors (Lipinski definition) is 0. The molecular weight excluding hydrogens is 308 g/mol. The monoisotopic (exact) mass is 324 g/mol. The van der Waals surface area contributed by atoms with Crippen molar-refractivity contribution in [1.29, 1.82) is 0 Å². The van der Waals surface area contributed by atoms with Gasteiger partial charge in [0.25, 0.3) is 0 Å². The van der Waals surface area contributed by atoms with Crippen LogP contribution in [0.5, 0.6) is 0 Å². The maximum absolute atomic E-state index is 11.5. The van der Waals surface area contributed by atoms with Gasteiger partial charge in [0, 0.05) is 16.3 Å². The molecule has 5 heteroatoms. The first-order valence-electron chi connectivity index (χ1n) is 7.39. The van der Waals surface area contributed by atoms with Crippen LogP contribution in [0.15, 0.2) is 59.6 Å². The highest BCUT2D eigenvalue weighted by Crippen LogP contribution is 2.31. The van der Waals surface area contributed by atoms with E-state index in [2.05, 4.69) is 10.2 Å². The number of benzene rings is 2. The predicted octanol–water partition coefficient (Wildman–Crippen LogP) is 3.95. The number of esters is 1. The number of hydrogen-bond acceptors (Lipinski definition) is 5. The largest absolute Gasteiger partial charge is 0.465 e. The van der Waals surface area contributed by atoms with Crippen LogP contribution < -0.4 is 0 Å². The van der Waals surface area contributed by atoms with Gasteiger partial charge in [0.1, 0.15) is 10.7 Å². The van der Waals surface area contributed by atoms with Crippen molar-refractivity contribution in [2.75, 3.05) is 12.4 Å². The number of aromatic nitrogens is 2. The molecule has 0 fully saturated rings. The van der Waals surface area contributed by atoms with Gasteiger partial charge >= 0.3 is 5.97 Å². The third-order valence-electron chi connectivity index (χ3n) is 3.33. The van der Waals surface area contributed by atoms with E-state index in [1.54, 1.807) is 6.92 Å². The molecule has 0 radical (unpaired) electrons. The molecule has 0 atom stereocenters. The van der Waals surface area contributed by atoms with Crippen LogP contribution in [0.2, 0.25) is 0 Å². The first-order valence-corrected chi connectivity index (χ1v) is 8.37. The van der Waals surface area contributed by atoms with Crippen LogP contribution in [-0.2, 0) is 9.53 Å². The molecule has 0 unspecified atom stereocenters. The van der Waals surface area contributed by atoms with Crippen molar-refractivity contribution in [3.8, 4) is 11.3 Å². The fourth-order valence-corrected chi connectivity index (χ4v) is 3.10. The number of carbonyl (C=O) groups is 1. The lowest BCUT2D eigenvalue weighted by Gasteiger charge is -2.09. The minimum absolute atomic E-state index is 0.233. The van der Waals surface area contributed by atoms with Crippen molar-refractivity contribution >= 4 is 28.5 Å². The fourth-order valence-electron chi connectivity index (χ4n) is 2.33. The molecule has 0 saturated heterocycles. The summed E-state index contributed by atoms with van der Waals surface area (Å²) in [6.07, 6.45) is 0. The molecule has 0 saturated carbocycles. The lowest BCUT2D eigenvalue weighted by molar-refractivity contribution is -0.139. The smallest absolute Gasteiger partial charge is 0.316 e. The maximum atomic E-state index is 11.5. The average molecular weight is 324 g/mol. The van der Waals surface area contributed by atoms with Gasteiger partial charge in [0.15, 0.2) is 0 Å². The molecule has 0 N–H and O–H groups in total. The molecule has 4 nitrogen and oxygen atoms in total. The highest BCUT2D eigenvalue weighted by Gasteiger charge is 2.12. The lowest BCUT2D eigenvalue weighted by atomic mass is 10.1. The summed E-state index contributed by atoms with van der Waals surface area (Å²) >= 11 is 1.35. The molecule has 0 aliphatic heterocycles. The molecule has 3 rings (SSSR count). The van der Waals surface area contributed by atoms with Gasteiger partial charge < -0.3 is 4.74 Å². The second kappa shape index (κ2) is 7.24. The standard InChI is InChI=1S/C18H16N2O2S/c1-2-22-16(21)12-23-18-15-11-7-6-10-14(15)17(19-20-18)13-8-4-3-5-9-13/h3-11H,2,12H2,1H3. The third-order valence-corrected chi connectivity index (χ3v) is 4.29. The summed E-state index contributed by atoms with van der Waals surface area (Å²) in [7, 11) is 0. The van der Waals surface area contributed by atoms with Gasteiger partial charge in [0.2, 0.25) is 0 Å². The summed E-state index contributed by atoms with van der Waals surface area (Å²) in [5.41, 5.74) is 1.87. The summed E-state index contributed by atoms with van der Waals surface area (Å²) in [5, 5.41) is 11.5. The summed E-state index contributed by atoms with van der Waals surface area (Å²) in [5.74, 6) is -0.00693. The van der Waals surface area contributed by atoms with Crippen LogP contribution in [-0.4, -0.2) is 28.5 Å². The minimum atomic E-state index is -0.240. The zero-order valence-electron chi connectivity index (χ0n) is 12.7. The second-order valence-electron chi connectivity index (χ2n) is 4.86. The Kier molecular flexibility index (Phi) is 4.88. The highest BCUT2D eigenvalue weighted by atomic mass is 32.2. The Morgan fingerprint density at radius 1 is 1.00 bits per heavy atom. The maximum Gasteiger partial charge on any atom is 0.316 e. The van der Waals surface area contributed by atoms with E-state index < -0.39 is 0 Å². The van der Waals surface area contributed by atoms with Gasteiger partial charge in [-0.2, -0.15) is 0 Å². The van der Waals surface area contributed by atoms with E-state index in [0.717, 1.165) is 27.1 Å². The molecule has 1 aromatic heterocycles. The van der Waals surface area contributed by atoms with Gasteiger partial charge in [-0.1, -0.05) is 66.4 Å². The van der Waals surface area contributed by atoms with Gasteiger partial charge in [-0.05, 0) is 6.92 Å². The number of fused-ring (bicyclic) bond motifs is 1. The van der Waals surface area contributed by atoms with Crippen LogP contribution >= 0.6 is 11.8 Å². The van der Waals surface area contributed by atoms with Crippen molar-refractivity contribution in [2.45, 2.75) is 11.9 Å². The Bertz CT molecular complexity index is 822. The van der Waals surface area contributed by atoms with Crippen molar-refractivity contribution < 1.29 is 9.53 Å². The van der Waals surface area contributed by atoms with Crippen molar-refractivity contribution in [3.63, 3.8) is 0 Å². The van der Waals surface area contributed by atoms with Gasteiger partial charge in [-0.25, -0.2) is 0 Å². The van der Waals surface area contributed by atoms with Crippen molar-refractivity contribution in [3.05, 3.63) is 54.6 Å². The Hall–Kier alpha value is -2.40. The van der Waals surface area contributed by atoms with Crippen molar-refractivity contribution in [2.24, 2.45) is 0 Å². The molecular formula is C18H16N2O2S. The van der Waals surface area contributed by atoms with Gasteiger partial charge in [0.05, 0.1) is 12.4 Å². The SMILES string of the molecule is CCOC(=O)CSc1nnc(-c2ccccc2)c2ccccc12. The quantitative estimate of drug-likeness (QED) is 0.525. The number of rotatable bonds is 5. The number of ether oxygens (including phenoxy) is 1. The molecule has 3 aromatic rings. The summed E-state index contributed by atoms with van der Waals surface area (Å²) in [4.78, 5) is 11.5. The van der Waals surface area contributed by atoms with Crippen LogP contribution in [0.4, 0.5) is 0 Å². The van der Waals surface area contributed by atoms with Crippen LogP contribution in [0.25, 0.3) is 22.0 Å². The zero-order valence-corrected chi connectivity index (χ0v) is 13.5. The molecule has 116 valence electrons. The molecule has 0 spiro atoms. The normalized spacial score (nSPS) is 10.7. The third kappa shape index (κ3) is 3.51. The van der Waals surface area contributed by atoms with E-state index >= 15 is 0 Å². The molecule has 1 heterocycles. The zero-order chi connectivity index (χ0) is 16.1. The van der Waals surface area contributed by atoms with E-state index in [1.807, 2.05) is 54.6 Å². The number of carbonyl (C=O) groups excluding carboxylic acids is 1. The Morgan fingerprint density at radius 3 is 2.43 bits per heavy atom. The lowest BCUT2D eigenvalue weighted by Crippen LogP contribution is -2.07. The average Bonchev–Trinajstić information content (AvgIpc) is 2.60. The van der Waals surface area contributed by atoms with Crippen LogP contribution in [0.3, 0.4) is 0 Å². The molecule has 23 heavy (non-hydrogen) atoms. The first kappa shape index (κ1) is 15.5. The van der Waals surface area contributed by atoms with E-state index in [1.165, 1.54) is 11.8 Å². The highest BCUT2D eigenvalue weighted by molar-refractivity contribution is 8.00. The molecule has 0 bridgehead atoms. The summed E-state index contributed by atoms with van der Waals surface area (Å²) < 4.78 is 4.96. The Morgan fingerprint density at radius 2 is 1.70 bits per heavy atom.